The Labute approximate surface area is 234 Å². The van der Waals surface area contributed by atoms with Gasteiger partial charge in [0, 0.05) is 35.7 Å². The van der Waals surface area contributed by atoms with Crippen molar-refractivity contribution < 1.29 is 4.79 Å². The molecule has 0 unspecified atom stereocenters. The second-order valence-electron chi connectivity index (χ2n) is 9.48. The minimum atomic E-state index is 0.0797. The third-order valence-corrected chi connectivity index (χ3v) is 7.79. The van der Waals surface area contributed by atoms with Gasteiger partial charge in [0.1, 0.15) is 5.82 Å². The zero-order valence-corrected chi connectivity index (χ0v) is 22.8. The number of benzene rings is 3. The third kappa shape index (κ3) is 5.17. The van der Waals surface area contributed by atoms with Crippen LogP contribution in [0.25, 0.3) is 16.9 Å². The molecule has 0 bridgehead atoms. The number of hydrogen-bond donors (Lipinski definition) is 2. The maximum atomic E-state index is 12.6. The van der Waals surface area contributed by atoms with Crippen LogP contribution in [0.15, 0.2) is 95.6 Å². The van der Waals surface area contributed by atoms with Gasteiger partial charge in [-0.2, -0.15) is 9.61 Å². The Bertz CT molecular complexity index is 1600. The third-order valence-electron chi connectivity index (χ3n) is 6.90. The lowest BCUT2D eigenvalue weighted by atomic mass is 10.1. The summed E-state index contributed by atoms with van der Waals surface area (Å²) in [4.78, 5) is 17.4. The quantitative estimate of drug-likeness (QED) is 0.209. The van der Waals surface area contributed by atoms with Crippen LogP contribution in [0.2, 0.25) is 5.02 Å². The lowest BCUT2D eigenvalue weighted by Crippen LogP contribution is -2.24. The molecule has 2 aromatic heterocycles. The second kappa shape index (κ2) is 10.6. The molecule has 0 spiro atoms. The minimum Gasteiger partial charge on any atom is -0.366 e. The van der Waals surface area contributed by atoms with E-state index in [-0.39, 0.29) is 11.8 Å². The zero-order chi connectivity index (χ0) is 26.1. The minimum absolute atomic E-state index is 0.0797. The average Bonchev–Trinajstić information content (AvgIpc) is 3.68. The fraction of sp³-hybridized carbons (Fsp3) is 0.167. The summed E-state index contributed by atoms with van der Waals surface area (Å²) in [5.74, 6) is 1.37. The van der Waals surface area contributed by atoms with E-state index in [9.17, 15) is 4.79 Å². The number of halogens is 2. The van der Waals surface area contributed by atoms with Crippen molar-refractivity contribution >= 4 is 44.9 Å². The topological polar surface area (TPSA) is 71.3 Å². The largest absolute Gasteiger partial charge is 0.366 e. The lowest BCUT2D eigenvalue weighted by molar-refractivity contribution is -0.122. The van der Waals surface area contributed by atoms with Gasteiger partial charge in [-0.15, -0.1) is 0 Å². The summed E-state index contributed by atoms with van der Waals surface area (Å²) in [5, 5.41) is 11.7. The predicted molar refractivity (Wildman–Crippen MR) is 154 cm³/mol. The average molecular weight is 587 g/mol. The fourth-order valence-electron chi connectivity index (χ4n) is 4.71. The Balaban J connectivity index is 1.10. The van der Waals surface area contributed by atoms with Gasteiger partial charge in [-0.25, -0.2) is 4.98 Å². The first kappa shape index (κ1) is 24.6. The first-order chi connectivity index (χ1) is 18.6. The van der Waals surface area contributed by atoms with E-state index in [1.165, 1.54) is 5.56 Å². The molecule has 1 aliphatic rings. The van der Waals surface area contributed by atoms with Crippen LogP contribution >= 0.6 is 27.5 Å². The molecule has 1 aliphatic carbocycles. The molecule has 3 aromatic carbocycles. The van der Waals surface area contributed by atoms with Gasteiger partial charge in [-0.05, 0) is 51.0 Å². The van der Waals surface area contributed by atoms with Gasteiger partial charge >= 0.3 is 0 Å². The summed E-state index contributed by atoms with van der Waals surface area (Å²) in [7, 11) is 0. The van der Waals surface area contributed by atoms with E-state index in [1.54, 1.807) is 10.7 Å². The van der Waals surface area contributed by atoms with Crippen LogP contribution in [-0.4, -0.2) is 20.5 Å². The lowest BCUT2D eigenvalue weighted by Gasteiger charge is -2.12. The van der Waals surface area contributed by atoms with Crippen LogP contribution in [0.5, 0.6) is 0 Å². The molecule has 1 amide bonds. The van der Waals surface area contributed by atoms with Gasteiger partial charge in [0.2, 0.25) is 5.91 Å². The summed E-state index contributed by atoms with van der Waals surface area (Å²) < 4.78 is 2.58. The van der Waals surface area contributed by atoms with E-state index in [1.807, 2.05) is 48.5 Å². The Morgan fingerprint density at radius 2 is 1.68 bits per heavy atom. The van der Waals surface area contributed by atoms with Gasteiger partial charge in [0.15, 0.2) is 5.65 Å². The summed E-state index contributed by atoms with van der Waals surface area (Å²) in [6.07, 6.45) is 2.66. The second-order valence-corrected chi connectivity index (χ2v) is 10.7. The van der Waals surface area contributed by atoms with Gasteiger partial charge in [0.05, 0.1) is 16.4 Å². The van der Waals surface area contributed by atoms with E-state index in [4.69, 9.17) is 16.6 Å². The van der Waals surface area contributed by atoms with E-state index in [2.05, 4.69) is 68.1 Å². The van der Waals surface area contributed by atoms with E-state index in [0.717, 1.165) is 39.1 Å². The van der Waals surface area contributed by atoms with Crippen molar-refractivity contribution in [3.05, 3.63) is 117 Å². The summed E-state index contributed by atoms with van der Waals surface area (Å²) >= 11 is 9.99. The molecule has 1 fully saturated rings. The van der Waals surface area contributed by atoms with Gasteiger partial charge in [-0.1, -0.05) is 84.4 Å². The molecule has 0 saturated heterocycles. The smallest absolute Gasteiger partial charge is 0.224 e. The van der Waals surface area contributed by atoms with Gasteiger partial charge in [-0.3, -0.25) is 4.79 Å². The molecular formula is C30H25BrClN5O. The monoisotopic (exact) mass is 585 g/mol. The molecule has 1 saturated carbocycles. The van der Waals surface area contributed by atoms with Crippen molar-refractivity contribution in [1.29, 1.82) is 0 Å². The number of hydrogen-bond acceptors (Lipinski definition) is 4. The molecule has 5 aromatic rings. The highest BCUT2D eigenvalue weighted by atomic mass is 79.9. The molecule has 6 nitrogen and oxygen atoms in total. The first-order valence-electron chi connectivity index (χ1n) is 12.5. The Kier molecular flexibility index (Phi) is 6.87. The Morgan fingerprint density at radius 1 is 0.974 bits per heavy atom. The molecule has 190 valence electrons. The van der Waals surface area contributed by atoms with Crippen LogP contribution in [0, 0.1) is 5.92 Å². The van der Waals surface area contributed by atoms with Crippen molar-refractivity contribution in [2.24, 2.45) is 5.92 Å². The maximum Gasteiger partial charge on any atom is 0.224 e. The number of aromatic nitrogens is 3. The van der Waals surface area contributed by atoms with Gasteiger partial charge in [0.25, 0.3) is 0 Å². The fourth-order valence-corrected chi connectivity index (χ4v) is 5.29. The highest BCUT2D eigenvalue weighted by Gasteiger charge is 2.43. The van der Waals surface area contributed by atoms with Crippen molar-refractivity contribution in [3.63, 3.8) is 0 Å². The van der Waals surface area contributed by atoms with Crippen molar-refractivity contribution in [2.75, 3.05) is 5.32 Å². The zero-order valence-electron chi connectivity index (χ0n) is 20.4. The van der Waals surface area contributed by atoms with E-state index >= 15 is 0 Å². The number of rotatable bonds is 8. The normalized spacial score (nSPS) is 16.4. The molecule has 0 aliphatic heterocycles. The van der Waals surface area contributed by atoms with Crippen LogP contribution in [0.4, 0.5) is 5.82 Å². The number of carbonyl (C=O) groups is 1. The van der Waals surface area contributed by atoms with Crippen LogP contribution in [0.3, 0.4) is 0 Å². The maximum absolute atomic E-state index is 12.6. The molecule has 38 heavy (non-hydrogen) atoms. The highest BCUT2D eigenvalue weighted by molar-refractivity contribution is 9.10. The number of anilines is 1. The summed E-state index contributed by atoms with van der Waals surface area (Å²) in [5.41, 5.74) is 5.77. The van der Waals surface area contributed by atoms with Crippen LogP contribution in [-0.2, 0) is 17.9 Å². The number of fused-ring (bicyclic) bond motifs is 1. The van der Waals surface area contributed by atoms with Gasteiger partial charge < -0.3 is 10.6 Å². The molecule has 2 atom stereocenters. The van der Waals surface area contributed by atoms with Crippen molar-refractivity contribution in [2.45, 2.75) is 25.4 Å². The molecule has 2 N–H and O–H groups in total. The Morgan fingerprint density at radius 3 is 2.45 bits per heavy atom. The number of amides is 1. The SMILES string of the molecule is O=C(NCc1ccc(CNc2cc(-c3ccccc3Cl)nc3c(Br)cnn23)cc1)[C@@H]1C[C@H]1c1ccccc1. The van der Waals surface area contributed by atoms with Crippen molar-refractivity contribution in [1.82, 2.24) is 19.9 Å². The van der Waals surface area contributed by atoms with Crippen molar-refractivity contribution in [3.8, 4) is 11.3 Å². The number of nitrogens with zero attached hydrogens (tertiary/aromatic N) is 3. The van der Waals surface area contributed by atoms with Crippen LogP contribution < -0.4 is 10.6 Å². The summed E-state index contributed by atoms with van der Waals surface area (Å²) in [6, 6.07) is 28.2. The standard InChI is InChI=1S/C30H25BrClN5O/c31-25-18-35-37-28(15-27(36-29(25)37)22-8-4-5-9-26(22)32)33-16-19-10-12-20(13-11-19)17-34-30(38)24-14-23(24)21-6-2-1-3-7-21/h1-13,15,18,23-24,33H,14,16-17H2,(H,34,38)/t23-,24+/m0/s1. The van der Waals surface area contributed by atoms with E-state index in [0.29, 0.717) is 29.7 Å². The van der Waals surface area contributed by atoms with E-state index < -0.39 is 0 Å². The molecular weight excluding hydrogens is 562 g/mol. The molecule has 2 heterocycles. The number of nitrogens with one attached hydrogen (secondary N) is 2. The first-order valence-corrected chi connectivity index (χ1v) is 13.7. The molecule has 8 heteroatoms. The highest BCUT2D eigenvalue weighted by Crippen LogP contribution is 2.47. The molecule has 6 rings (SSSR count). The molecule has 0 radical (unpaired) electrons. The summed E-state index contributed by atoms with van der Waals surface area (Å²) in [6.45, 7) is 1.13. The number of carbonyl (C=O) groups excluding carboxylic acids is 1. The van der Waals surface area contributed by atoms with Crippen LogP contribution in [0.1, 0.15) is 29.0 Å². The predicted octanol–water partition coefficient (Wildman–Crippen LogP) is 6.84. The Hall–Kier alpha value is -3.68.